The molecule has 1 N–H and O–H groups in total. The molecule has 1 aromatic rings. The summed E-state index contributed by atoms with van der Waals surface area (Å²) in [6, 6.07) is 9.58. The van der Waals surface area contributed by atoms with Crippen LogP contribution in [0.4, 0.5) is 0 Å². The van der Waals surface area contributed by atoms with Crippen molar-refractivity contribution in [3.05, 3.63) is 42.5 Å². The van der Waals surface area contributed by atoms with Crippen molar-refractivity contribution in [2.24, 2.45) is 0 Å². The Labute approximate surface area is 108 Å². The number of nitrogens with one attached hydrogen (secondary N) is 1. The molecule has 0 fully saturated rings. The zero-order chi connectivity index (χ0) is 13.2. The largest absolute Gasteiger partial charge is 0.492 e. The van der Waals surface area contributed by atoms with Crippen LogP contribution in [0.5, 0.6) is 5.75 Å². The fourth-order valence-corrected chi connectivity index (χ4v) is 1.30. The summed E-state index contributed by atoms with van der Waals surface area (Å²) < 4.78 is 10.3. The van der Waals surface area contributed by atoms with Gasteiger partial charge in [-0.3, -0.25) is 0 Å². The molecule has 0 heterocycles. The monoisotopic (exact) mass is 249 g/mol. The molecule has 0 saturated carbocycles. The van der Waals surface area contributed by atoms with Gasteiger partial charge in [-0.15, -0.1) is 0 Å². The van der Waals surface area contributed by atoms with Crippen LogP contribution in [-0.2, 0) is 9.53 Å². The van der Waals surface area contributed by atoms with Crippen molar-refractivity contribution in [2.45, 2.75) is 6.92 Å². The van der Waals surface area contributed by atoms with E-state index in [0.29, 0.717) is 31.9 Å². The van der Waals surface area contributed by atoms with E-state index in [-0.39, 0.29) is 5.97 Å². The first-order chi connectivity index (χ1) is 8.74. The second kappa shape index (κ2) is 8.31. The average Bonchev–Trinajstić information content (AvgIpc) is 2.39. The Balaban J connectivity index is 2.09. The maximum absolute atomic E-state index is 11.2. The van der Waals surface area contributed by atoms with Crippen molar-refractivity contribution in [3.63, 3.8) is 0 Å². The molecule has 0 spiro atoms. The number of carbonyl (C=O) groups excluding carboxylic acids is 1. The van der Waals surface area contributed by atoms with E-state index in [9.17, 15) is 4.79 Å². The molecular formula is C14H19NO3. The summed E-state index contributed by atoms with van der Waals surface area (Å²) in [4.78, 5) is 11.2. The van der Waals surface area contributed by atoms with E-state index in [1.54, 1.807) is 6.92 Å². The number of ether oxygens (including phenoxy) is 2. The summed E-state index contributed by atoms with van der Waals surface area (Å²) in [5.41, 5.74) is 0.427. The Morgan fingerprint density at radius 1 is 1.33 bits per heavy atom. The van der Waals surface area contributed by atoms with Crippen LogP contribution >= 0.6 is 0 Å². The summed E-state index contributed by atoms with van der Waals surface area (Å²) >= 11 is 0. The molecule has 98 valence electrons. The summed E-state index contributed by atoms with van der Waals surface area (Å²) in [5, 5.41) is 3.07. The normalized spacial score (nSPS) is 9.83. The molecule has 1 aromatic carbocycles. The first-order valence-electron chi connectivity index (χ1n) is 5.97. The second-order valence-electron chi connectivity index (χ2n) is 3.66. The summed E-state index contributed by atoms with van der Waals surface area (Å²) in [6.07, 6.45) is 0. The Kier molecular flexibility index (Phi) is 6.58. The molecule has 1 rings (SSSR count). The molecule has 4 heteroatoms. The van der Waals surface area contributed by atoms with Gasteiger partial charge in [-0.05, 0) is 19.1 Å². The van der Waals surface area contributed by atoms with Crippen LogP contribution in [0.1, 0.15) is 6.92 Å². The smallest absolute Gasteiger partial charge is 0.334 e. The number of rotatable bonds is 8. The maximum Gasteiger partial charge on any atom is 0.334 e. The highest BCUT2D eigenvalue weighted by atomic mass is 16.5. The first-order valence-corrected chi connectivity index (χ1v) is 5.97. The number of hydrogen-bond donors (Lipinski definition) is 1. The Hall–Kier alpha value is -1.81. The molecule has 0 bridgehead atoms. The zero-order valence-electron chi connectivity index (χ0n) is 10.6. The van der Waals surface area contributed by atoms with Crippen molar-refractivity contribution in [1.82, 2.24) is 5.32 Å². The molecule has 0 unspecified atom stereocenters. The van der Waals surface area contributed by atoms with Crippen LogP contribution in [0.25, 0.3) is 0 Å². The van der Waals surface area contributed by atoms with Crippen molar-refractivity contribution < 1.29 is 14.3 Å². The first kappa shape index (κ1) is 14.3. The summed E-state index contributed by atoms with van der Waals surface area (Å²) in [5.74, 6) is 0.484. The molecule has 0 amide bonds. The topological polar surface area (TPSA) is 47.6 Å². The van der Waals surface area contributed by atoms with Gasteiger partial charge in [0.15, 0.2) is 0 Å². The molecule has 0 saturated heterocycles. The number of benzene rings is 1. The quantitative estimate of drug-likeness (QED) is 0.433. The van der Waals surface area contributed by atoms with E-state index < -0.39 is 0 Å². The van der Waals surface area contributed by atoms with E-state index >= 15 is 0 Å². The third-order valence-corrected chi connectivity index (χ3v) is 2.19. The molecule has 0 aliphatic rings. The average molecular weight is 249 g/mol. The van der Waals surface area contributed by atoms with E-state index in [2.05, 4.69) is 11.9 Å². The SMILES string of the molecule is C=C(CNCCOc1ccccc1)C(=O)OCC. The molecule has 0 aromatic heterocycles. The number of para-hydroxylation sites is 1. The van der Waals surface area contributed by atoms with Crippen molar-refractivity contribution in [2.75, 3.05) is 26.3 Å². The van der Waals surface area contributed by atoms with Gasteiger partial charge in [-0.2, -0.15) is 0 Å². The van der Waals surface area contributed by atoms with E-state index in [0.717, 1.165) is 5.75 Å². The second-order valence-corrected chi connectivity index (χ2v) is 3.66. The molecule has 4 nitrogen and oxygen atoms in total. The minimum Gasteiger partial charge on any atom is -0.492 e. The van der Waals surface area contributed by atoms with Crippen LogP contribution in [0.2, 0.25) is 0 Å². The van der Waals surface area contributed by atoms with Gasteiger partial charge >= 0.3 is 5.97 Å². The number of hydrogen-bond acceptors (Lipinski definition) is 4. The highest BCUT2D eigenvalue weighted by molar-refractivity contribution is 5.88. The van der Waals surface area contributed by atoms with Gasteiger partial charge in [0.25, 0.3) is 0 Å². The van der Waals surface area contributed by atoms with Gasteiger partial charge in [0, 0.05) is 18.7 Å². The lowest BCUT2D eigenvalue weighted by Crippen LogP contribution is -2.26. The lowest BCUT2D eigenvalue weighted by Gasteiger charge is -2.08. The number of carbonyl (C=O) groups is 1. The maximum atomic E-state index is 11.2. The van der Waals surface area contributed by atoms with Gasteiger partial charge in [0.1, 0.15) is 12.4 Å². The molecule has 18 heavy (non-hydrogen) atoms. The molecule has 0 radical (unpaired) electrons. The van der Waals surface area contributed by atoms with Crippen LogP contribution < -0.4 is 10.1 Å². The number of esters is 1. The van der Waals surface area contributed by atoms with Crippen molar-refractivity contribution in [1.29, 1.82) is 0 Å². The van der Waals surface area contributed by atoms with Gasteiger partial charge in [-0.25, -0.2) is 4.79 Å². The Morgan fingerprint density at radius 3 is 2.72 bits per heavy atom. The van der Waals surface area contributed by atoms with E-state index in [1.807, 2.05) is 30.3 Å². The third-order valence-electron chi connectivity index (χ3n) is 2.19. The molecule has 0 aliphatic carbocycles. The lowest BCUT2D eigenvalue weighted by molar-refractivity contribution is -0.138. The van der Waals surface area contributed by atoms with Crippen molar-refractivity contribution in [3.8, 4) is 5.75 Å². The Bertz CT molecular complexity index is 376. The Morgan fingerprint density at radius 2 is 2.06 bits per heavy atom. The minimum atomic E-state index is -0.353. The van der Waals surface area contributed by atoms with Crippen LogP contribution in [0.3, 0.4) is 0 Å². The highest BCUT2D eigenvalue weighted by Gasteiger charge is 2.06. The predicted molar refractivity (Wildman–Crippen MR) is 70.6 cm³/mol. The van der Waals surface area contributed by atoms with Gasteiger partial charge in [0.2, 0.25) is 0 Å². The van der Waals surface area contributed by atoms with Crippen LogP contribution in [0, 0.1) is 0 Å². The van der Waals surface area contributed by atoms with Crippen LogP contribution in [-0.4, -0.2) is 32.3 Å². The standard InChI is InChI=1S/C14H19NO3/c1-3-17-14(16)12(2)11-15-9-10-18-13-7-5-4-6-8-13/h4-8,15H,2-3,9-11H2,1H3. The summed E-state index contributed by atoms with van der Waals surface area (Å²) in [7, 11) is 0. The highest BCUT2D eigenvalue weighted by Crippen LogP contribution is 2.07. The fourth-order valence-electron chi connectivity index (χ4n) is 1.30. The molecule has 0 atom stereocenters. The van der Waals surface area contributed by atoms with Gasteiger partial charge in [-0.1, -0.05) is 24.8 Å². The molecular weight excluding hydrogens is 230 g/mol. The predicted octanol–water partition coefficient (Wildman–Crippen LogP) is 1.77. The van der Waals surface area contributed by atoms with E-state index in [1.165, 1.54) is 0 Å². The van der Waals surface area contributed by atoms with E-state index in [4.69, 9.17) is 9.47 Å². The van der Waals surface area contributed by atoms with Gasteiger partial charge in [0.05, 0.1) is 6.61 Å². The third kappa shape index (κ3) is 5.50. The minimum absolute atomic E-state index is 0.353. The fraction of sp³-hybridized carbons (Fsp3) is 0.357. The zero-order valence-corrected chi connectivity index (χ0v) is 10.6. The molecule has 0 aliphatic heterocycles. The van der Waals surface area contributed by atoms with Gasteiger partial charge < -0.3 is 14.8 Å². The van der Waals surface area contributed by atoms with Crippen LogP contribution in [0.15, 0.2) is 42.5 Å². The lowest BCUT2D eigenvalue weighted by atomic mass is 10.3. The van der Waals surface area contributed by atoms with Crippen molar-refractivity contribution >= 4 is 5.97 Å². The summed E-state index contributed by atoms with van der Waals surface area (Å²) in [6.45, 7) is 7.39.